The van der Waals surface area contributed by atoms with E-state index in [4.69, 9.17) is 4.42 Å². The van der Waals surface area contributed by atoms with Crippen LogP contribution < -0.4 is 10.6 Å². The topological polar surface area (TPSA) is 80.0 Å². The SMILES string of the molecule is Cc1nnc(Sc2ccc(C(=O)N[C@@H]3C[C@H]4CC[C@@H]3N4)s2)o1. The molecule has 1 amide bonds. The van der Waals surface area contributed by atoms with Gasteiger partial charge in [-0.05, 0) is 43.2 Å². The molecule has 2 aromatic rings. The summed E-state index contributed by atoms with van der Waals surface area (Å²) >= 11 is 2.84. The normalized spacial score (nSPS) is 26.5. The highest BCUT2D eigenvalue weighted by atomic mass is 32.2. The highest BCUT2D eigenvalue weighted by Gasteiger charge is 2.39. The Morgan fingerprint density at radius 2 is 2.36 bits per heavy atom. The molecule has 0 unspecified atom stereocenters. The zero-order valence-corrected chi connectivity index (χ0v) is 13.7. The molecular formula is C14H16N4O2S2. The number of aromatic nitrogens is 2. The van der Waals surface area contributed by atoms with Crippen molar-refractivity contribution in [1.82, 2.24) is 20.8 Å². The monoisotopic (exact) mass is 336 g/mol. The number of nitrogens with one attached hydrogen (secondary N) is 2. The van der Waals surface area contributed by atoms with Crippen molar-refractivity contribution in [1.29, 1.82) is 0 Å². The van der Waals surface area contributed by atoms with Crippen molar-refractivity contribution in [2.75, 3.05) is 0 Å². The van der Waals surface area contributed by atoms with Crippen molar-refractivity contribution in [2.45, 2.75) is 53.7 Å². The second kappa shape index (κ2) is 5.68. The Labute approximate surface area is 136 Å². The van der Waals surface area contributed by atoms with Gasteiger partial charge >= 0.3 is 0 Å². The van der Waals surface area contributed by atoms with Crippen molar-refractivity contribution in [3.63, 3.8) is 0 Å². The molecule has 0 aromatic carbocycles. The lowest BCUT2D eigenvalue weighted by Gasteiger charge is -2.20. The summed E-state index contributed by atoms with van der Waals surface area (Å²) in [5.74, 6) is 0.554. The highest BCUT2D eigenvalue weighted by molar-refractivity contribution is 8.01. The number of carbonyl (C=O) groups excluding carboxylic acids is 1. The molecule has 2 bridgehead atoms. The fraction of sp³-hybridized carbons (Fsp3) is 0.500. The van der Waals surface area contributed by atoms with Gasteiger partial charge in [-0.2, -0.15) is 0 Å². The van der Waals surface area contributed by atoms with E-state index in [0.717, 1.165) is 21.9 Å². The maximum atomic E-state index is 12.4. The Morgan fingerprint density at radius 3 is 3.05 bits per heavy atom. The Bertz CT molecular complexity index is 699. The van der Waals surface area contributed by atoms with Gasteiger partial charge in [-0.15, -0.1) is 21.5 Å². The van der Waals surface area contributed by atoms with E-state index in [-0.39, 0.29) is 11.9 Å². The first-order valence-electron chi connectivity index (χ1n) is 7.32. The highest BCUT2D eigenvalue weighted by Crippen LogP contribution is 2.33. The molecule has 3 atom stereocenters. The van der Waals surface area contributed by atoms with Crippen molar-refractivity contribution >= 4 is 29.0 Å². The van der Waals surface area contributed by atoms with E-state index in [1.165, 1.54) is 29.5 Å². The predicted octanol–water partition coefficient (Wildman–Crippen LogP) is 2.21. The Kier molecular flexibility index (Phi) is 3.67. The molecule has 4 rings (SSSR count). The van der Waals surface area contributed by atoms with E-state index in [1.807, 2.05) is 12.1 Å². The molecular weight excluding hydrogens is 320 g/mol. The number of carbonyl (C=O) groups is 1. The molecule has 4 heterocycles. The molecule has 22 heavy (non-hydrogen) atoms. The van der Waals surface area contributed by atoms with Crippen LogP contribution >= 0.6 is 23.1 Å². The maximum Gasteiger partial charge on any atom is 0.282 e. The molecule has 2 aromatic heterocycles. The number of amides is 1. The molecule has 116 valence electrons. The average molecular weight is 336 g/mol. The summed E-state index contributed by atoms with van der Waals surface area (Å²) in [6.07, 6.45) is 3.45. The second-order valence-corrected chi connectivity index (χ2v) is 8.01. The summed E-state index contributed by atoms with van der Waals surface area (Å²) in [5, 5.41) is 14.9. The number of hydrogen-bond donors (Lipinski definition) is 2. The van der Waals surface area contributed by atoms with Crippen LogP contribution in [0.25, 0.3) is 0 Å². The molecule has 2 saturated heterocycles. The molecule has 0 spiro atoms. The van der Waals surface area contributed by atoms with Crippen LogP contribution in [0.2, 0.25) is 0 Å². The van der Waals surface area contributed by atoms with Crippen molar-refractivity contribution < 1.29 is 9.21 Å². The first-order chi connectivity index (χ1) is 10.7. The average Bonchev–Trinajstić information content (AvgIpc) is 3.24. The molecule has 0 saturated carbocycles. The number of rotatable bonds is 4. The van der Waals surface area contributed by atoms with E-state index >= 15 is 0 Å². The van der Waals surface area contributed by atoms with Gasteiger partial charge in [0.2, 0.25) is 5.89 Å². The predicted molar refractivity (Wildman–Crippen MR) is 83.3 cm³/mol. The summed E-state index contributed by atoms with van der Waals surface area (Å²) in [7, 11) is 0. The summed E-state index contributed by atoms with van der Waals surface area (Å²) in [5.41, 5.74) is 0. The third kappa shape index (κ3) is 2.78. The minimum atomic E-state index is 0.0120. The minimum absolute atomic E-state index is 0.0120. The fourth-order valence-corrected chi connectivity index (χ4v) is 4.97. The lowest BCUT2D eigenvalue weighted by atomic mass is 9.95. The van der Waals surface area contributed by atoms with Crippen LogP contribution in [0.3, 0.4) is 0 Å². The van der Waals surface area contributed by atoms with Crippen LogP contribution in [-0.2, 0) is 0 Å². The van der Waals surface area contributed by atoms with Crippen molar-refractivity contribution in [3.05, 3.63) is 22.9 Å². The van der Waals surface area contributed by atoms with Crippen molar-refractivity contribution in [2.24, 2.45) is 0 Å². The second-order valence-electron chi connectivity index (χ2n) is 5.67. The van der Waals surface area contributed by atoms with Crippen LogP contribution in [-0.4, -0.2) is 34.2 Å². The fourth-order valence-electron chi connectivity index (χ4n) is 3.13. The number of fused-ring (bicyclic) bond motifs is 2. The number of aryl methyl sites for hydroxylation is 1. The summed E-state index contributed by atoms with van der Waals surface area (Å²) in [6, 6.07) is 5.08. The van der Waals surface area contributed by atoms with Crippen LogP contribution in [0.15, 0.2) is 26.0 Å². The Balaban J connectivity index is 1.39. The third-order valence-electron chi connectivity index (χ3n) is 4.12. The smallest absolute Gasteiger partial charge is 0.282 e. The van der Waals surface area contributed by atoms with Gasteiger partial charge in [-0.25, -0.2) is 0 Å². The largest absolute Gasteiger partial charge is 0.416 e. The quantitative estimate of drug-likeness (QED) is 0.891. The van der Waals surface area contributed by atoms with Gasteiger partial charge in [-0.3, -0.25) is 4.79 Å². The molecule has 2 aliphatic heterocycles. The van der Waals surface area contributed by atoms with Gasteiger partial charge in [-0.1, -0.05) is 0 Å². The van der Waals surface area contributed by atoms with Crippen LogP contribution in [0, 0.1) is 6.92 Å². The molecule has 2 aliphatic rings. The van der Waals surface area contributed by atoms with Crippen LogP contribution in [0.5, 0.6) is 0 Å². The van der Waals surface area contributed by atoms with E-state index in [2.05, 4.69) is 20.8 Å². The minimum Gasteiger partial charge on any atom is -0.416 e. The first kappa shape index (κ1) is 14.2. The van der Waals surface area contributed by atoms with Gasteiger partial charge in [0.15, 0.2) is 0 Å². The molecule has 0 radical (unpaired) electrons. The van der Waals surface area contributed by atoms with E-state index in [0.29, 0.717) is 23.2 Å². The Hall–Kier alpha value is -1.38. The van der Waals surface area contributed by atoms with E-state index in [1.54, 1.807) is 6.92 Å². The van der Waals surface area contributed by atoms with Gasteiger partial charge in [0.1, 0.15) is 0 Å². The zero-order valence-electron chi connectivity index (χ0n) is 12.0. The van der Waals surface area contributed by atoms with Crippen LogP contribution in [0.1, 0.15) is 34.8 Å². The van der Waals surface area contributed by atoms with Crippen LogP contribution in [0.4, 0.5) is 0 Å². The number of hydrogen-bond acceptors (Lipinski definition) is 7. The number of nitrogens with zero attached hydrogens (tertiary/aromatic N) is 2. The standard InChI is InChI=1S/C14H16N4O2S2/c1-7-17-18-14(20-7)22-12-5-4-11(21-12)13(19)16-10-6-8-2-3-9(10)15-8/h4-5,8-10,15H,2-3,6H2,1H3,(H,16,19)/t8-,9+,10-/m1/s1. The zero-order chi connectivity index (χ0) is 15.1. The lowest BCUT2D eigenvalue weighted by molar-refractivity contribution is 0.0935. The summed E-state index contributed by atoms with van der Waals surface area (Å²) in [4.78, 5) is 13.1. The van der Waals surface area contributed by atoms with E-state index < -0.39 is 0 Å². The summed E-state index contributed by atoms with van der Waals surface area (Å²) < 4.78 is 6.31. The number of thiophene rings is 1. The van der Waals surface area contributed by atoms with Gasteiger partial charge < -0.3 is 15.1 Å². The maximum absolute atomic E-state index is 12.4. The van der Waals surface area contributed by atoms with Crippen molar-refractivity contribution in [3.8, 4) is 0 Å². The summed E-state index contributed by atoms with van der Waals surface area (Å²) in [6.45, 7) is 1.76. The molecule has 8 heteroatoms. The molecule has 0 aliphatic carbocycles. The lowest BCUT2D eigenvalue weighted by Crippen LogP contribution is -2.42. The van der Waals surface area contributed by atoms with Gasteiger partial charge in [0, 0.05) is 25.0 Å². The molecule has 2 fully saturated rings. The molecule has 6 nitrogen and oxygen atoms in total. The van der Waals surface area contributed by atoms with E-state index in [9.17, 15) is 4.79 Å². The first-order valence-corrected chi connectivity index (χ1v) is 8.95. The Morgan fingerprint density at radius 1 is 1.45 bits per heavy atom. The van der Waals surface area contributed by atoms with Gasteiger partial charge in [0.25, 0.3) is 11.1 Å². The molecule has 2 N–H and O–H groups in total. The third-order valence-corrected chi connectivity index (χ3v) is 6.17. The van der Waals surface area contributed by atoms with Gasteiger partial charge in [0.05, 0.1) is 9.09 Å².